The minimum atomic E-state index is -1.11. The van der Waals surface area contributed by atoms with Crippen LogP contribution in [0.5, 0.6) is 0 Å². The summed E-state index contributed by atoms with van der Waals surface area (Å²) in [6.45, 7) is 0.242. The maximum atomic E-state index is 14.0. The Morgan fingerprint density at radius 3 is 2.58 bits per heavy atom. The van der Waals surface area contributed by atoms with Gasteiger partial charge >= 0.3 is 0 Å². The molecule has 0 unspecified atom stereocenters. The van der Waals surface area contributed by atoms with Crippen LogP contribution in [0.1, 0.15) is 27.7 Å². The van der Waals surface area contributed by atoms with Gasteiger partial charge in [-0.25, -0.2) is 8.78 Å². The lowest BCUT2D eigenvalue weighted by Crippen LogP contribution is -2.37. The number of aromatic nitrogens is 3. The summed E-state index contributed by atoms with van der Waals surface area (Å²) in [6, 6.07) is 6.27. The van der Waals surface area contributed by atoms with E-state index in [0.717, 1.165) is 12.1 Å². The second-order valence-electron chi connectivity index (χ2n) is 7.37. The summed E-state index contributed by atoms with van der Waals surface area (Å²) >= 11 is 0. The number of hydrogen-bond acceptors (Lipinski definition) is 5. The van der Waals surface area contributed by atoms with Crippen molar-refractivity contribution in [1.82, 2.24) is 19.9 Å². The van der Waals surface area contributed by atoms with Gasteiger partial charge in [-0.05, 0) is 35.7 Å². The fraction of sp³-hybridized carbons (Fsp3) is 0.182. The maximum Gasteiger partial charge on any atom is 0.256 e. The maximum absolute atomic E-state index is 14.0. The van der Waals surface area contributed by atoms with Crippen LogP contribution in [0.3, 0.4) is 0 Å². The number of pyridine rings is 1. The van der Waals surface area contributed by atoms with E-state index in [4.69, 9.17) is 4.74 Å². The molecule has 1 amide bonds. The zero-order chi connectivity index (χ0) is 21.7. The Hall–Kier alpha value is -3.72. The minimum absolute atomic E-state index is 0.0198. The average molecular weight is 422 g/mol. The van der Waals surface area contributed by atoms with E-state index in [1.54, 1.807) is 37.6 Å². The summed E-state index contributed by atoms with van der Waals surface area (Å²) < 4.78 is 33.4. The Morgan fingerprint density at radius 2 is 1.81 bits per heavy atom. The highest BCUT2D eigenvalue weighted by Gasteiger charge is 2.31. The number of fused-ring (bicyclic) bond motifs is 4. The molecule has 0 aliphatic carbocycles. The zero-order valence-corrected chi connectivity index (χ0v) is 16.4. The lowest BCUT2D eigenvalue weighted by atomic mass is 9.95. The van der Waals surface area contributed by atoms with Crippen LogP contribution < -0.4 is 5.56 Å². The van der Waals surface area contributed by atoms with Gasteiger partial charge in [0.05, 0.1) is 35.7 Å². The highest BCUT2D eigenvalue weighted by molar-refractivity contribution is 5.98. The number of halogens is 2. The number of hydrogen-bond donors (Lipinski definition) is 1. The van der Waals surface area contributed by atoms with E-state index in [1.165, 1.54) is 4.90 Å². The number of carbonyl (C=O) groups is 1. The Labute approximate surface area is 174 Å². The van der Waals surface area contributed by atoms with E-state index in [0.29, 0.717) is 27.9 Å². The fourth-order valence-electron chi connectivity index (χ4n) is 3.99. The molecule has 0 spiro atoms. The molecule has 7 nitrogen and oxygen atoms in total. The standard InChI is InChI=1S/C22H16F2N4O3/c1-28(22(30)11-2-3-16-17(6-11)26-5-4-25-16)19-10-31-9-18-20(19)12-7-14(23)15(24)8-13(12)21(29)27-18/h2-8,19H,9-10H2,1H3,(H,27,29)/t19-/m1/s1. The smallest absolute Gasteiger partial charge is 0.256 e. The second kappa shape index (κ2) is 7.21. The molecule has 0 fully saturated rings. The topological polar surface area (TPSA) is 88.2 Å². The average Bonchev–Trinajstić information content (AvgIpc) is 2.78. The number of carbonyl (C=O) groups excluding carboxylic acids is 1. The van der Waals surface area contributed by atoms with Crippen molar-refractivity contribution in [3.05, 3.63) is 81.5 Å². The molecule has 0 saturated heterocycles. The van der Waals surface area contributed by atoms with Gasteiger partial charge in [-0.15, -0.1) is 0 Å². The largest absolute Gasteiger partial charge is 0.373 e. The summed E-state index contributed by atoms with van der Waals surface area (Å²) in [5.41, 5.74) is 2.07. The Bertz CT molecular complexity index is 1420. The van der Waals surface area contributed by atoms with Crippen molar-refractivity contribution in [2.75, 3.05) is 13.7 Å². The van der Waals surface area contributed by atoms with Gasteiger partial charge in [0.25, 0.3) is 11.5 Å². The van der Waals surface area contributed by atoms with Crippen molar-refractivity contribution in [2.24, 2.45) is 0 Å². The molecule has 0 radical (unpaired) electrons. The van der Waals surface area contributed by atoms with Crippen LogP contribution in [0.25, 0.3) is 21.8 Å². The summed E-state index contributed by atoms with van der Waals surface area (Å²) in [7, 11) is 1.60. The summed E-state index contributed by atoms with van der Waals surface area (Å²) in [6.07, 6.45) is 3.11. The van der Waals surface area contributed by atoms with E-state index in [1.807, 2.05) is 0 Å². The summed E-state index contributed by atoms with van der Waals surface area (Å²) in [4.78, 5) is 38.2. The number of aromatic amines is 1. The van der Waals surface area contributed by atoms with Gasteiger partial charge in [-0.1, -0.05) is 0 Å². The number of H-pyrrole nitrogens is 1. The molecular weight excluding hydrogens is 406 g/mol. The molecule has 4 aromatic rings. The van der Waals surface area contributed by atoms with Crippen LogP contribution in [0.4, 0.5) is 8.78 Å². The third-order valence-electron chi connectivity index (χ3n) is 5.54. The first-order valence-corrected chi connectivity index (χ1v) is 9.53. The summed E-state index contributed by atoms with van der Waals surface area (Å²) in [5.74, 6) is -2.48. The van der Waals surface area contributed by atoms with Crippen molar-refractivity contribution in [1.29, 1.82) is 0 Å². The van der Waals surface area contributed by atoms with Crippen molar-refractivity contribution < 1.29 is 18.3 Å². The molecule has 1 atom stereocenters. The van der Waals surface area contributed by atoms with Crippen molar-refractivity contribution in [3.63, 3.8) is 0 Å². The molecule has 2 aromatic carbocycles. The highest BCUT2D eigenvalue weighted by Crippen LogP contribution is 2.34. The van der Waals surface area contributed by atoms with Crippen LogP contribution in [0.15, 0.2) is 47.5 Å². The van der Waals surface area contributed by atoms with Crippen LogP contribution in [0.2, 0.25) is 0 Å². The van der Waals surface area contributed by atoms with Crippen LogP contribution in [0, 0.1) is 11.6 Å². The Kier molecular flexibility index (Phi) is 4.48. The number of nitrogens with one attached hydrogen (secondary N) is 1. The predicted octanol–water partition coefficient (Wildman–Crippen LogP) is 3.09. The first-order chi connectivity index (χ1) is 14.9. The monoisotopic (exact) mass is 422 g/mol. The molecule has 1 N–H and O–H groups in total. The molecule has 3 heterocycles. The molecule has 5 rings (SSSR count). The van der Waals surface area contributed by atoms with Crippen LogP contribution >= 0.6 is 0 Å². The van der Waals surface area contributed by atoms with E-state index in [9.17, 15) is 18.4 Å². The first kappa shape index (κ1) is 19.3. The van der Waals surface area contributed by atoms with Crippen LogP contribution in [-0.4, -0.2) is 39.4 Å². The van der Waals surface area contributed by atoms with Gasteiger partial charge < -0.3 is 14.6 Å². The van der Waals surface area contributed by atoms with Crippen molar-refractivity contribution in [2.45, 2.75) is 12.6 Å². The molecule has 9 heteroatoms. The first-order valence-electron chi connectivity index (χ1n) is 9.53. The SMILES string of the molecule is CN(C(=O)c1ccc2nccnc2c1)[C@@H]1COCc2[nH]c(=O)c3cc(F)c(F)cc3c21. The molecule has 156 valence electrons. The molecule has 0 bridgehead atoms. The molecule has 2 aromatic heterocycles. The fourth-order valence-corrected chi connectivity index (χ4v) is 3.99. The van der Waals surface area contributed by atoms with E-state index in [-0.39, 0.29) is 29.9 Å². The highest BCUT2D eigenvalue weighted by atomic mass is 19.2. The number of rotatable bonds is 2. The number of benzene rings is 2. The third-order valence-corrected chi connectivity index (χ3v) is 5.54. The molecule has 1 aliphatic heterocycles. The Morgan fingerprint density at radius 1 is 1.10 bits per heavy atom. The van der Waals surface area contributed by atoms with Gasteiger partial charge in [0.2, 0.25) is 0 Å². The molecular formula is C22H16F2N4O3. The van der Waals surface area contributed by atoms with Gasteiger partial charge in [0.1, 0.15) is 0 Å². The van der Waals surface area contributed by atoms with Crippen molar-refractivity contribution >= 4 is 27.7 Å². The lowest BCUT2D eigenvalue weighted by molar-refractivity contribution is 0.0336. The van der Waals surface area contributed by atoms with Crippen molar-refractivity contribution in [3.8, 4) is 0 Å². The minimum Gasteiger partial charge on any atom is -0.373 e. The summed E-state index contributed by atoms with van der Waals surface area (Å²) in [5, 5.41) is 0.279. The van der Waals surface area contributed by atoms with Gasteiger partial charge in [0.15, 0.2) is 11.6 Å². The molecule has 0 saturated carbocycles. The number of amides is 1. The normalized spacial score (nSPS) is 15.8. The van der Waals surface area contributed by atoms with Gasteiger partial charge in [0, 0.05) is 36.3 Å². The Balaban J connectivity index is 1.61. The number of likely N-dealkylation sites (N-methyl/N-ethyl adjacent to an activating group) is 1. The van der Waals surface area contributed by atoms with E-state index >= 15 is 0 Å². The third kappa shape index (κ3) is 3.14. The zero-order valence-electron chi connectivity index (χ0n) is 16.4. The van der Waals surface area contributed by atoms with E-state index < -0.39 is 23.2 Å². The number of nitrogens with zero attached hydrogens (tertiary/aromatic N) is 3. The van der Waals surface area contributed by atoms with E-state index in [2.05, 4.69) is 15.0 Å². The molecule has 31 heavy (non-hydrogen) atoms. The van der Waals surface area contributed by atoms with Gasteiger partial charge in [-0.2, -0.15) is 0 Å². The molecule has 1 aliphatic rings. The number of ether oxygens (including phenoxy) is 1. The predicted molar refractivity (Wildman–Crippen MR) is 109 cm³/mol. The van der Waals surface area contributed by atoms with Crippen LogP contribution in [-0.2, 0) is 11.3 Å². The lowest BCUT2D eigenvalue weighted by Gasteiger charge is -2.34. The second-order valence-corrected chi connectivity index (χ2v) is 7.37. The van der Waals surface area contributed by atoms with Gasteiger partial charge in [-0.3, -0.25) is 19.6 Å². The quantitative estimate of drug-likeness (QED) is 0.536.